The van der Waals surface area contributed by atoms with E-state index in [1.54, 1.807) is 0 Å². The summed E-state index contributed by atoms with van der Waals surface area (Å²) in [4.78, 5) is 0. The van der Waals surface area contributed by atoms with E-state index in [-0.39, 0.29) is 5.84 Å². The molecule has 0 aromatic heterocycles. The van der Waals surface area contributed by atoms with Crippen LogP contribution in [0.2, 0.25) is 0 Å². The van der Waals surface area contributed by atoms with Crippen molar-refractivity contribution in [3.05, 3.63) is 0 Å². The molecule has 2 N–H and O–H groups in total. The van der Waals surface area contributed by atoms with Gasteiger partial charge in [-0.2, -0.15) is 8.42 Å². The molecule has 48 valence electrons. The van der Waals surface area contributed by atoms with Crippen molar-refractivity contribution in [3.63, 3.8) is 0 Å². The number of hydrogen-bond acceptors (Lipinski definition) is 2. The molecule has 0 aromatic carbocycles. The predicted molar refractivity (Wildman–Crippen MR) is 27.3 cm³/mol. The fraction of sp³-hybridized carbons (Fsp3) is 0.500. The van der Waals surface area contributed by atoms with Crippen LogP contribution < -0.4 is 5.73 Å². The zero-order chi connectivity index (χ0) is 6.78. The molecule has 0 amide bonds. The molecule has 0 atom stereocenters. The zero-order valence-corrected chi connectivity index (χ0v) is 4.94. The quantitative estimate of drug-likeness (QED) is 0.305. The molecule has 0 aliphatic rings. The highest BCUT2D eigenvalue weighted by atomic mass is 32.3. The number of nitrogens with two attached hydrogens (primary N) is 1. The topological polar surface area (TPSA) is 72.5 Å². The largest absolute Gasteiger partial charge is 0.419 e. The number of hydrogen-bond donors (Lipinski definition) is 1. The third kappa shape index (κ3) is 5.35. The highest BCUT2D eigenvalue weighted by Crippen LogP contribution is 1.89. The molecule has 8 heavy (non-hydrogen) atoms. The minimum atomic E-state index is -4.76. The fourth-order valence-electron chi connectivity index (χ4n) is 0.172. The summed E-state index contributed by atoms with van der Waals surface area (Å²) in [6.45, 7) is 1.18. The van der Waals surface area contributed by atoms with Gasteiger partial charge in [0.15, 0.2) is 0 Å². The van der Waals surface area contributed by atoms with Crippen molar-refractivity contribution in [2.24, 2.45) is 10.1 Å². The van der Waals surface area contributed by atoms with Gasteiger partial charge in [-0.05, 0) is 6.92 Å². The van der Waals surface area contributed by atoms with Crippen molar-refractivity contribution in [3.8, 4) is 0 Å². The van der Waals surface area contributed by atoms with Crippen LogP contribution in [0.25, 0.3) is 0 Å². The number of amidine groups is 1. The number of halogens is 1. The lowest BCUT2D eigenvalue weighted by atomic mass is 10.8. The first-order valence-corrected chi connectivity index (χ1v) is 3.02. The molecule has 0 spiro atoms. The standard InChI is InChI=1S/C2H5FN2O2S/c1-2(4)5-8(3,6)7/h1H3,(H2,4,5). The third-order valence-corrected chi connectivity index (χ3v) is 0.759. The van der Waals surface area contributed by atoms with Gasteiger partial charge in [0, 0.05) is 0 Å². The maximum atomic E-state index is 11.3. The van der Waals surface area contributed by atoms with E-state index < -0.39 is 10.4 Å². The number of rotatable bonds is 1. The highest BCUT2D eigenvalue weighted by molar-refractivity contribution is 7.85. The van der Waals surface area contributed by atoms with Crippen LogP contribution in [0.1, 0.15) is 6.92 Å². The summed E-state index contributed by atoms with van der Waals surface area (Å²) in [5.41, 5.74) is 4.71. The maximum Gasteiger partial charge on any atom is 0.419 e. The lowest BCUT2D eigenvalue weighted by Crippen LogP contribution is -2.06. The second-order valence-corrected chi connectivity index (χ2v) is 2.15. The Hall–Kier alpha value is -0.650. The summed E-state index contributed by atoms with van der Waals surface area (Å²) in [6, 6.07) is 0. The van der Waals surface area contributed by atoms with Crippen LogP contribution in [-0.2, 0) is 10.4 Å². The smallest absolute Gasteiger partial charge is 0.387 e. The first kappa shape index (κ1) is 7.35. The van der Waals surface area contributed by atoms with Crippen molar-refractivity contribution >= 4 is 16.2 Å². The molecule has 6 heteroatoms. The van der Waals surface area contributed by atoms with Crippen molar-refractivity contribution in [2.45, 2.75) is 6.92 Å². The van der Waals surface area contributed by atoms with Crippen LogP contribution in [0.3, 0.4) is 0 Å². The molecule has 0 radical (unpaired) electrons. The van der Waals surface area contributed by atoms with Gasteiger partial charge in [0.2, 0.25) is 0 Å². The summed E-state index contributed by atoms with van der Waals surface area (Å²) < 4.78 is 32.8. The second-order valence-electron chi connectivity index (χ2n) is 1.14. The lowest BCUT2D eigenvalue weighted by molar-refractivity contribution is 0.554. The monoisotopic (exact) mass is 140 g/mol. The van der Waals surface area contributed by atoms with E-state index in [0.717, 1.165) is 0 Å². The van der Waals surface area contributed by atoms with E-state index in [4.69, 9.17) is 5.73 Å². The van der Waals surface area contributed by atoms with E-state index in [2.05, 4.69) is 4.40 Å². The highest BCUT2D eigenvalue weighted by Gasteiger charge is 1.99. The van der Waals surface area contributed by atoms with E-state index in [1.807, 2.05) is 0 Å². The first-order valence-electron chi connectivity index (χ1n) is 1.68. The van der Waals surface area contributed by atoms with Crippen molar-refractivity contribution in [1.82, 2.24) is 0 Å². The van der Waals surface area contributed by atoms with Crippen LogP contribution in [-0.4, -0.2) is 14.3 Å². The molecule has 0 saturated carbocycles. The number of nitrogens with zero attached hydrogens (tertiary/aromatic N) is 1. The normalized spacial score (nSPS) is 14.0. The molecule has 4 nitrogen and oxygen atoms in total. The molecule has 0 unspecified atom stereocenters. The summed E-state index contributed by atoms with van der Waals surface area (Å²) in [6.07, 6.45) is 0. The molecular formula is C2H5FN2O2S. The molecule has 0 fully saturated rings. The lowest BCUT2D eigenvalue weighted by Gasteiger charge is -1.81. The molecular weight excluding hydrogens is 135 g/mol. The van der Waals surface area contributed by atoms with Crippen LogP contribution in [0.5, 0.6) is 0 Å². The minimum Gasteiger partial charge on any atom is -0.387 e. The summed E-state index contributed by atoms with van der Waals surface area (Å²) in [5, 5.41) is 0. The molecule has 0 saturated heterocycles. The van der Waals surface area contributed by atoms with Gasteiger partial charge in [-0.15, -0.1) is 4.40 Å². The van der Waals surface area contributed by atoms with E-state index in [0.29, 0.717) is 0 Å². The Kier molecular flexibility index (Phi) is 1.91. The summed E-state index contributed by atoms with van der Waals surface area (Å²) in [5.74, 6) is -0.312. The summed E-state index contributed by atoms with van der Waals surface area (Å²) in [7, 11) is -4.76. The molecule has 0 aliphatic carbocycles. The van der Waals surface area contributed by atoms with Crippen LogP contribution in [0.15, 0.2) is 4.40 Å². The molecule has 0 heterocycles. The van der Waals surface area contributed by atoms with Gasteiger partial charge in [0.05, 0.1) is 0 Å². The first-order chi connectivity index (χ1) is 3.42. The minimum absolute atomic E-state index is 0.312. The fourth-order valence-corrected chi connectivity index (χ4v) is 0.516. The van der Waals surface area contributed by atoms with E-state index >= 15 is 0 Å². The predicted octanol–water partition coefficient (Wildman–Crippen LogP) is -0.422. The van der Waals surface area contributed by atoms with Crippen molar-refractivity contribution < 1.29 is 12.3 Å². The van der Waals surface area contributed by atoms with Crippen LogP contribution >= 0.6 is 0 Å². The van der Waals surface area contributed by atoms with Gasteiger partial charge in [-0.1, -0.05) is 3.89 Å². The molecule has 0 bridgehead atoms. The van der Waals surface area contributed by atoms with Gasteiger partial charge in [-0.25, -0.2) is 0 Å². The second kappa shape index (κ2) is 2.08. The van der Waals surface area contributed by atoms with Gasteiger partial charge in [-0.3, -0.25) is 0 Å². The van der Waals surface area contributed by atoms with Gasteiger partial charge in [0.25, 0.3) is 0 Å². The van der Waals surface area contributed by atoms with Gasteiger partial charge < -0.3 is 5.73 Å². The average Bonchev–Trinajstić information content (AvgIpc) is 1.21. The van der Waals surface area contributed by atoms with Crippen molar-refractivity contribution in [2.75, 3.05) is 0 Å². The Morgan fingerprint density at radius 1 is 1.75 bits per heavy atom. The Bertz CT molecular complexity index is 190. The molecule has 0 rings (SSSR count). The van der Waals surface area contributed by atoms with Crippen molar-refractivity contribution in [1.29, 1.82) is 0 Å². The third-order valence-electron chi connectivity index (χ3n) is 0.253. The van der Waals surface area contributed by atoms with Crippen LogP contribution in [0, 0.1) is 0 Å². The Balaban J connectivity index is 4.36. The van der Waals surface area contributed by atoms with Crippen LogP contribution in [0.4, 0.5) is 3.89 Å². The van der Waals surface area contributed by atoms with Gasteiger partial charge >= 0.3 is 10.4 Å². The average molecular weight is 140 g/mol. The summed E-state index contributed by atoms with van der Waals surface area (Å²) >= 11 is 0. The Morgan fingerprint density at radius 3 is 2.12 bits per heavy atom. The molecule has 0 aromatic rings. The zero-order valence-electron chi connectivity index (χ0n) is 4.13. The van der Waals surface area contributed by atoms with Gasteiger partial charge in [0.1, 0.15) is 5.84 Å². The van der Waals surface area contributed by atoms with E-state index in [1.165, 1.54) is 6.92 Å². The van der Waals surface area contributed by atoms with E-state index in [9.17, 15) is 12.3 Å². The molecule has 0 aliphatic heterocycles. The maximum absolute atomic E-state index is 11.3. The Labute approximate surface area is 46.6 Å². The SMILES string of the molecule is CC(N)=NS(=O)(=O)F. The Morgan fingerprint density at radius 2 is 2.12 bits per heavy atom.